The third-order valence-corrected chi connectivity index (χ3v) is 3.76. The third-order valence-electron chi connectivity index (χ3n) is 3.55. The summed E-state index contributed by atoms with van der Waals surface area (Å²) in [5, 5.41) is 0.601. The van der Waals surface area contributed by atoms with Crippen LogP contribution in [0.4, 0.5) is 0 Å². The summed E-state index contributed by atoms with van der Waals surface area (Å²) < 4.78 is 1.92. The molecule has 1 aromatic heterocycles. The standard InChI is InChI=1S/C13H20ClN3O/c1-8(2)17-6-10(14)4-12(17)13(18)16-5-9(3)11(15)7-16/h4,6,8-9,11H,5,7,15H2,1-3H3. The molecule has 1 saturated heterocycles. The molecule has 1 fully saturated rings. The average Bonchev–Trinajstić information content (AvgIpc) is 2.82. The Hall–Kier alpha value is -1.00. The van der Waals surface area contributed by atoms with Crippen molar-refractivity contribution in [1.29, 1.82) is 0 Å². The Labute approximate surface area is 113 Å². The molecule has 0 aromatic carbocycles. The zero-order valence-electron chi connectivity index (χ0n) is 11.1. The molecule has 0 saturated carbocycles. The normalized spacial score (nSPS) is 24.0. The Morgan fingerprint density at radius 2 is 2.17 bits per heavy atom. The van der Waals surface area contributed by atoms with E-state index < -0.39 is 0 Å². The van der Waals surface area contributed by atoms with Gasteiger partial charge in [-0.25, -0.2) is 0 Å². The minimum Gasteiger partial charge on any atom is -0.339 e. The van der Waals surface area contributed by atoms with E-state index in [9.17, 15) is 4.79 Å². The van der Waals surface area contributed by atoms with Crippen molar-refractivity contribution >= 4 is 17.5 Å². The van der Waals surface area contributed by atoms with Gasteiger partial charge in [0.15, 0.2) is 0 Å². The number of nitrogens with two attached hydrogens (primary N) is 1. The highest BCUT2D eigenvalue weighted by Gasteiger charge is 2.31. The van der Waals surface area contributed by atoms with Crippen molar-refractivity contribution in [2.75, 3.05) is 13.1 Å². The van der Waals surface area contributed by atoms with Gasteiger partial charge in [0.2, 0.25) is 0 Å². The maximum absolute atomic E-state index is 12.5. The number of carbonyl (C=O) groups is 1. The first-order valence-corrected chi connectivity index (χ1v) is 6.70. The van der Waals surface area contributed by atoms with E-state index in [1.807, 2.05) is 23.3 Å². The maximum Gasteiger partial charge on any atom is 0.270 e. The predicted octanol–water partition coefficient (Wildman–Crippen LogP) is 2.14. The summed E-state index contributed by atoms with van der Waals surface area (Å²) in [7, 11) is 0. The van der Waals surface area contributed by atoms with Crippen molar-refractivity contribution in [3.05, 3.63) is 23.0 Å². The fourth-order valence-electron chi connectivity index (χ4n) is 2.36. The van der Waals surface area contributed by atoms with Crippen molar-refractivity contribution in [1.82, 2.24) is 9.47 Å². The van der Waals surface area contributed by atoms with Crippen LogP contribution in [0.15, 0.2) is 12.3 Å². The SMILES string of the molecule is CC1CN(C(=O)c2cc(Cl)cn2C(C)C)CC1N. The van der Waals surface area contributed by atoms with E-state index in [4.69, 9.17) is 17.3 Å². The summed E-state index contributed by atoms with van der Waals surface area (Å²) in [6, 6.07) is 2.02. The lowest BCUT2D eigenvalue weighted by atomic mass is 10.1. The van der Waals surface area contributed by atoms with Crippen LogP contribution in [-0.2, 0) is 0 Å². The summed E-state index contributed by atoms with van der Waals surface area (Å²) in [5.74, 6) is 0.377. The molecule has 1 aliphatic rings. The Morgan fingerprint density at radius 1 is 1.50 bits per heavy atom. The Bertz CT molecular complexity index is 445. The van der Waals surface area contributed by atoms with Crippen molar-refractivity contribution in [3.8, 4) is 0 Å². The van der Waals surface area contributed by atoms with Gasteiger partial charge in [0.25, 0.3) is 5.91 Å². The van der Waals surface area contributed by atoms with E-state index in [1.54, 1.807) is 12.3 Å². The number of carbonyl (C=O) groups excluding carboxylic acids is 1. The van der Waals surface area contributed by atoms with Gasteiger partial charge >= 0.3 is 0 Å². The summed E-state index contributed by atoms with van der Waals surface area (Å²) in [6.07, 6.45) is 1.80. The quantitative estimate of drug-likeness (QED) is 0.894. The molecule has 2 unspecified atom stereocenters. The highest BCUT2D eigenvalue weighted by Crippen LogP contribution is 2.23. The van der Waals surface area contributed by atoms with Gasteiger partial charge < -0.3 is 15.2 Å². The fraction of sp³-hybridized carbons (Fsp3) is 0.615. The molecular weight excluding hydrogens is 250 g/mol. The van der Waals surface area contributed by atoms with Crippen LogP contribution in [0.25, 0.3) is 0 Å². The smallest absolute Gasteiger partial charge is 0.270 e. The van der Waals surface area contributed by atoms with Crippen LogP contribution in [0.1, 0.15) is 37.3 Å². The number of rotatable bonds is 2. The van der Waals surface area contributed by atoms with Crippen LogP contribution in [0.3, 0.4) is 0 Å². The Morgan fingerprint density at radius 3 is 2.67 bits per heavy atom. The van der Waals surface area contributed by atoms with Gasteiger partial charge in [0, 0.05) is 31.4 Å². The van der Waals surface area contributed by atoms with E-state index in [-0.39, 0.29) is 18.0 Å². The molecule has 1 amide bonds. The van der Waals surface area contributed by atoms with E-state index >= 15 is 0 Å². The average molecular weight is 270 g/mol. The predicted molar refractivity (Wildman–Crippen MR) is 72.9 cm³/mol. The first-order chi connectivity index (χ1) is 8.40. The first-order valence-electron chi connectivity index (χ1n) is 6.32. The van der Waals surface area contributed by atoms with E-state index in [2.05, 4.69) is 6.92 Å². The van der Waals surface area contributed by atoms with E-state index in [0.717, 1.165) is 6.54 Å². The van der Waals surface area contributed by atoms with Crippen LogP contribution < -0.4 is 5.73 Å². The zero-order valence-corrected chi connectivity index (χ0v) is 11.8. The highest BCUT2D eigenvalue weighted by atomic mass is 35.5. The van der Waals surface area contributed by atoms with Gasteiger partial charge in [0.1, 0.15) is 5.69 Å². The summed E-state index contributed by atoms with van der Waals surface area (Å²) >= 11 is 6.00. The molecule has 2 rings (SSSR count). The highest BCUT2D eigenvalue weighted by molar-refractivity contribution is 6.31. The van der Waals surface area contributed by atoms with Crippen LogP contribution in [-0.4, -0.2) is 34.5 Å². The van der Waals surface area contributed by atoms with Crippen LogP contribution in [0.5, 0.6) is 0 Å². The summed E-state index contributed by atoms with van der Waals surface area (Å²) in [5.41, 5.74) is 6.61. The van der Waals surface area contributed by atoms with Gasteiger partial charge in [0.05, 0.1) is 5.02 Å². The molecule has 0 spiro atoms. The van der Waals surface area contributed by atoms with Crippen molar-refractivity contribution in [2.45, 2.75) is 32.9 Å². The molecule has 4 nitrogen and oxygen atoms in total. The number of hydrogen-bond acceptors (Lipinski definition) is 2. The minimum absolute atomic E-state index is 0.0235. The van der Waals surface area contributed by atoms with Crippen LogP contribution >= 0.6 is 11.6 Å². The molecule has 100 valence electrons. The van der Waals surface area contributed by atoms with Gasteiger partial charge in [-0.1, -0.05) is 18.5 Å². The maximum atomic E-state index is 12.5. The molecular formula is C13H20ClN3O. The monoisotopic (exact) mass is 269 g/mol. The molecule has 0 aliphatic carbocycles. The van der Waals surface area contributed by atoms with Crippen molar-refractivity contribution in [2.24, 2.45) is 11.7 Å². The fourth-order valence-corrected chi connectivity index (χ4v) is 2.57. The van der Waals surface area contributed by atoms with Gasteiger partial charge in [-0.2, -0.15) is 0 Å². The number of hydrogen-bond donors (Lipinski definition) is 1. The molecule has 2 heterocycles. The molecule has 2 atom stereocenters. The van der Waals surface area contributed by atoms with Gasteiger partial charge in [-0.05, 0) is 25.8 Å². The number of aromatic nitrogens is 1. The summed E-state index contributed by atoms with van der Waals surface area (Å²) in [6.45, 7) is 7.49. The third kappa shape index (κ3) is 2.40. The molecule has 2 N–H and O–H groups in total. The Balaban J connectivity index is 2.24. The molecule has 1 aromatic rings. The van der Waals surface area contributed by atoms with Crippen LogP contribution in [0.2, 0.25) is 5.02 Å². The van der Waals surface area contributed by atoms with Gasteiger partial charge in [-0.3, -0.25) is 4.79 Å². The lowest BCUT2D eigenvalue weighted by Crippen LogP contribution is -2.33. The lowest BCUT2D eigenvalue weighted by Gasteiger charge is -2.19. The molecule has 18 heavy (non-hydrogen) atoms. The largest absolute Gasteiger partial charge is 0.339 e. The second-order valence-corrected chi connectivity index (χ2v) is 5.83. The zero-order chi connectivity index (χ0) is 13.4. The van der Waals surface area contributed by atoms with E-state index in [1.165, 1.54) is 0 Å². The number of halogens is 1. The molecule has 5 heteroatoms. The second kappa shape index (κ2) is 4.94. The van der Waals surface area contributed by atoms with Crippen LogP contribution in [0, 0.1) is 5.92 Å². The Kier molecular flexibility index (Phi) is 3.69. The second-order valence-electron chi connectivity index (χ2n) is 5.40. The molecule has 1 aliphatic heterocycles. The van der Waals surface area contributed by atoms with Gasteiger partial charge in [-0.15, -0.1) is 0 Å². The first kappa shape index (κ1) is 13.4. The number of likely N-dealkylation sites (tertiary alicyclic amines) is 1. The van der Waals surface area contributed by atoms with E-state index in [0.29, 0.717) is 23.2 Å². The number of amides is 1. The molecule has 0 radical (unpaired) electrons. The summed E-state index contributed by atoms with van der Waals surface area (Å²) in [4.78, 5) is 14.3. The molecule has 0 bridgehead atoms. The van der Waals surface area contributed by atoms with Crippen molar-refractivity contribution in [3.63, 3.8) is 0 Å². The van der Waals surface area contributed by atoms with Crippen molar-refractivity contribution < 1.29 is 4.79 Å². The minimum atomic E-state index is 0.0235. The topological polar surface area (TPSA) is 51.3 Å². The number of nitrogens with zero attached hydrogens (tertiary/aromatic N) is 2. The lowest BCUT2D eigenvalue weighted by molar-refractivity contribution is 0.0774.